The number of benzene rings is 1. The van der Waals surface area contributed by atoms with Gasteiger partial charge in [-0.15, -0.1) is 0 Å². The average molecular weight is 541 g/mol. The summed E-state index contributed by atoms with van der Waals surface area (Å²) in [5.41, 5.74) is 2.11. The van der Waals surface area contributed by atoms with Crippen LogP contribution in [0.15, 0.2) is 36.5 Å². The van der Waals surface area contributed by atoms with E-state index in [2.05, 4.69) is 4.98 Å². The second-order valence-electron chi connectivity index (χ2n) is 11.3. The highest BCUT2D eigenvalue weighted by atomic mass is 32.2. The van der Waals surface area contributed by atoms with Gasteiger partial charge in [0.2, 0.25) is 0 Å². The predicted octanol–water partition coefficient (Wildman–Crippen LogP) is 4.79. The number of pyridine rings is 1. The summed E-state index contributed by atoms with van der Waals surface area (Å²) < 4.78 is 70.7. The number of ether oxygens (including phenoxy) is 1. The van der Waals surface area contributed by atoms with Crippen LogP contribution in [0.3, 0.4) is 0 Å². The summed E-state index contributed by atoms with van der Waals surface area (Å²) in [7, 11) is -3.40. The van der Waals surface area contributed by atoms with Gasteiger partial charge in [-0.3, -0.25) is 9.88 Å². The van der Waals surface area contributed by atoms with Gasteiger partial charge in [-0.1, -0.05) is 19.9 Å². The van der Waals surface area contributed by atoms with Crippen molar-refractivity contribution in [3.8, 4) is 17.0 Å². The van der Waals surface area contributed by atoms with Crippen molar-refractivity contribution >= 4 is 9.84 Å². The maximum absolute atomic E-state index is 13.1. The number of aryl methyl sites for hydroxylation is 1. The van der Waals surface area contributed by atoms with Crippen molar-refractivity contribution in [2.45, 2.75) is 70.0 Å². The average Bonchev–Trinajstić information content (AvgIpc) is 2.83. The highest BCUT2D eigenvalue weighted by Crippen LogP contribution is 2.41. The Morgan fingerprint density at radius 2 is 1.84 bits per heavy atom. The van der Waals surface area contributed by atoms with Gasteiger partial charge in [-0.25, -0.2) is 8.42 Å². The van der Waals surface area contributed by atoms with Crippen LogP contribution in [0.4, 0.5) is 13.2 Å². The molecule has 1 fully saturated rings. The number of likely N-dealkylation sites (tertiary alicyclic amines) is 1. The van der Waals surface area contributed by atoms with E-state index >= 15 is 0 Å². The number of halogens is 3. The fourth-order valence-electron chi connectivity index (χ4n) is 5.18. The number of alkyl halides is 3. The minimum Gasteiger partial charge on any atom is -0.487 e. The summed E-state index contributed by atoms with van der Waals surface area (Å²) in [5, 5.41) is 9.37. The Morgan fingerprint density at radius 1 is 1.14 bits per heavy atom. The minimum absolute atomic E-state index is 0.107. The fourth-order valence-corrected chi connectivity index (χ4v) is 7.25. The van der Waals surface area contributed by atoms with E-state index in [0.29, 0.717) is 31.5 Å². The molecule has 6 nitrogen and oxygen atoms in total. The fraction of sp³-hybridized carbons (Fsp3) is 0.593. The van der Waals surface area contributed by atoms with E-state index in [4.69, 9.17) is 4.74 Å². The van der Waals surface area contributed by atoms with Gasteiger partial charge in [-0.05, 0) is 68.0 Å². The maximum atomic E-state index is 13.1. The van der Waals surface area contributed by atoms with E-state index in [0.717, 1.165) is 35.4 Å². The molecular weight excluding hydrogens is 505 g/mol. The standard InChI is InChI=1S/C27H35F3N2O4S/c1-19(27(28,29)30)32-12-10-26(11-13-32)9-8-22-14-21(5-7-24(22)36-26)23-6-4-20(15-31-23)16-37(34,35)18-25(2,3)17-33/h4-7,14-15,19,33H,8-13,16-18H2,1-3H3. The van der Waals surface area contributed by atoms with Crippen molar-refractivity contribution in [3.63, 3.8) is 0 Å². The van der Waals surface area contributed by atoms with Crippen molar-refractivity contribution in [2.75, 3.05) is 25.4 Å². The Morgan fingerprint density at radius 3 is 2.43 bits per heavy atom. The van der Waals surface area contributed by atoms with E-state index < -0.39 is 33.1 Å². The Labute approximate surface area is 216 Å². The molecule has 1 aromatic heterocycles. The highest BCUT2D eigenvalue weighted by molar-refractivity contribution is 7.90. The highest BCUT2D eigenvalue weighted by Gasteiger charge is 2.45. The third-order valence-corrected chi connectivity index (χ3v) is 9.51. The monoisotopic (exact) mass is 540 g/mol. The van der Waals surface area contributed by atoms with Gasteiger partial charge < -0.3 is 9.84 Å². The van der Waals surface area contributed by atoms with Crippen LogP contribution < -0.4 is 4.74 Å². The lowest BCUT2D eigenvalue weighted by Crippen LogP contribution is -2.54. The molecule has 4 rings (SSSR count). The lowest BCUT2D eigenvalue weighted by atomic mass is 9.82. The second-order valence-corrected chi connectivity index (χ2v) is 13.3. The molecule has 2 aliphatic heterocycles. The molecule has 2 aliphatic rings. The van der Waals surface area contributed by atoms with E-state index in [1.807, 2.05) is 18.2 Å². The zero-order valence-electron chi connectivity index (χ0n) is 21.5. The molecule has 0 radical (unpaired) electrons. The quantitative estimate of drug-likeness (QED) is 0.544. The SMILES string of the molecule is CC(N1CCC2(CCc3cc(-c4ccc(CS(=O)(=O)CC(C)(C)CO)cn4)ccc3O2)CC1)C(F)(F)F. The number of piperidine rings is 1. The third-order valence-electron chi connectivity index (χ3n) is 7.51. The van der Waals surface area contributed by atoms with Crippen LogP contribution in [0.2, 0.25) is 0 Å². The summed E-state index contributed by atoms with van der Waals surface area (Å²) in [5.74, 6) is 0.522. The Kier molecular flexibility index (Phi) is 7.67. The largest absolute Gasteiger partial charge is 0.487 e. The second kappa shape index (κ2) is 10.2. The van der Waals surface area contributed by atoms with E-state index in [9.17, 15) is 26.7 Å². The van der Waals surface area contributed by atoms with Crippen LogP contribution in [0, 0.1) is 5.41 Å². The van der Waals surface area contributed by atoms with Gasteiger partial charge in [0.05, 0.1) is 17.2 Å². The first-order valence-corrected chi connectivity index (χ1v) is 14.4. The molecule has 37 heavy (non-hydrogen) atoms. The summed E-state index contributed by atoms with van der Waals surface area (Å²) >= 11 is 0. The lowest BCUT2D eigenvalue weighted by molar-refractivity contribution is -0.186. The molecule has 1 N–H and O–H groups in total. The number of nitrogens with zero attached hydrogens (tertiary/aromatic N) is 2. The van der Waals surface area contributed by atoms with Crippen LogP contribution in [-0.4, -0.2) is 66.7 Å². The number of hydrogen-bond donors (Lipinski definition) is 1. The van der Waals surface area contributed by atoms with Crippen LogP contribution in [0.1, 0.15) is 51.2 Å². The minimum atomic E-state index is -4.22. The zero-order chi connectivity index (χ0) is 27.1. The first-order chi connectivity index (χ1) is 17.2. The first-order valence-electron chi connectivity index (χ1n) is 12.6. The van der Waals surface area contributed by atoms with Gasteiger partial charge in [0.25, 0.3) is 0 Å². The smallest absolute Gasteiger partial charge is 0.403 e. The number of rotatable bonds is 7. The summed E-state index contributed by atoms with van der Waals surface area (Å²) in [6, 6.07) is 7.92. The number of fused-ring (bicyclic) bond motifs is 1. The van der Waals surface area contributed by atoms with Crippen molar-refractivity contribution in [1.29, 1.82) is 0 Å². The molecule has 1 unspecified atom stereocenters. The summed E-state index contributed by atoms with van der Waals surface area (Å²) in [6.45, 7) is 5.15. The van der Waals surface area contributed by atoms with Crippen LogP contribution >= 0.6 is 0 Å². The molecule has 0 amide bonds. The topological polar surface area (TPSA) is 79.7 Å². The first kappa shape index (κ1) is 27.9. The Bertz CT molecular complexity index is 1210. The van der Waals surface area contributed by atoms with Crippen LogP contribution in [0.25, 0.3) is 11.3 Å². The predicted molar refractivity (Wildman–Crippen MR) is 136 cm³/mol. The maximum Gasteiger partial charge on any atom is 0.403 e. The van der Waals surface area contributed by atoms with Crippen molar-refractivity contribution in [1.82, 2.24) is 9.88 Å². The lowest BCUT2D eigenvalue weighted by Gasteiger charge is -2.46. The molecule has 1 saturated heterocycles. The van der Waals surface area contributed by atoms with E-state index in [1.165, 1.54) is 11.8 Å². The van der Waals surface area contributed by atoms with Gasteiger partial charge in [0.15, 0.2) is 9.84 Å². The molecule has 1 spiro atoms. The number of aliphatic hydroxyl groups excluding tert-OH is 1. The molecule has 3 heterocycles. The molecular formula is C27H35F3N2O4S. The van der Waals surface area contributed by atoms with Crippen molar-refractivity contribution in [3.05, 3.63) is 47.7 Å². The van der Waals surface area contributed by atoms with E-state index in [1.54, 1.807) is 32.2 Å². The molecule has 10 heteroatoms. The van der Waals surface area contributed by atoms with Gasteiger partial charge >= 0.3 is 6.18 Å². The number of hydrogen-bond acceptors (Lipinski definition) is 6. The van der Waals surface area contributed by atoms with Gasteiger partial charge in [0, 0.05) is 36.9 Å². The summed E-state index contributed by atoms with van der Waals surface area (Å²) in [6.07, 6.45) is 0.00482. The molecule has 0 aliphatic carbocycles. The van der Waals surface area contributed by atoms with E-state index in [-0.39, 0.29) is 18.1 Å². The van der Waals surface area contributed by atoms with Crippen molar-refractivity contribution in [2.24, 2.45) is 5.41 Å². The summed E-state index contributed by atoms with van der Waals surface area (Å²) in [4.78, 5) is 5.96. The van der Waals surface area contributed by atoms with Gasteiger partial charge in [0.1, 0.15) is 17.4 Å². The Hall–Kier alpha value is -2.17. The zero-order valence-corrected chi connectivity index (χ0v) is 22.3. The van der Waals surface area contributed by atoms with Crippen LogP contribution in [0.5, 0.6) is 5.75 Å². The van der Waals surface area contributed by atoms with Crippen LogP contribution in [-0.2, 0) is 22.0 Å². The molecule has 1 aromatic carbocycles. The Balaban J connectivity index is 1.40. The molecule has 1 atom stereocenters. The molecule has 204 valence electrons. The molecule has 2 aromatic rings. The number of aliphatic hydroxyl groups is 1. The van der Waals surface area contributed by atoms with Gasteiger partial charge in [-0.2, -0.15) is 13.2 Å². The number of aromatic nitrogens is 1. The third kappa shape index (κ3) is 6.64. The normalized spacial score (nSPS) is 19.3. The molecule has 0 saturated carbocycles. The molecule has 0 bridgehead atoms. The number of sulfone groups is 1. The van der Waals surface area contributed by atoms with Crippen molar-refractivity contribution < 1.29 is 31.4 Å².